The zero-order valence-corrected chi connectivity index (χ0v) is 16.6. The molecule has 0 saturated carbocycles. The topological polar surface area (TPSA) is 70.6 Å². The van der Waals surface area contributed by atoms with Crippen LogP contribution in [0.25, 0.3) is 0 Å². The third-order valence-electron chi connectivity index (χ3n) is 4.18. The van der Waals surface area contributed by atoms with E-state index in [0.717, 1.165) is 11.1 Å². The van der Waals surface area contributed by atoms with Crippen molar-refractivity contribution in [1.29, 1.82) is 0 Å². The minimum atomic E-state index is -0.254. The molecule has 5 nitrogen and oxygen atoms in total. The van der Waals surface area contributed by atoms with E-state index < -0.39 is 0 Å². The fourth-order valence-corrected chi connectivity index (χ4v) is 2.88. The lowest BCUT2D eigenvalue weighted by Gasteiger charge is -2.08. The maximum Gasteiger partial charge on any atom is 0.255 e. The van der Waals surface area contributed by atoms with E-state index in [1.54, 1.807) is 43.3 Å². The van der Waals surface area contributed by atoms with Gasteiger partial charge < -0.3 is 5.32 Å². The van der Waals surface area contributed by atoms with Gasteiger partial charge in [-0.1, -0.05) is 60.1 Å². The van der Waals surface area contributed by atoms with Crippen LogP contribution in [-0.4, -0.2) is 17.5 Å². The molecule has 0 aromatic heterocycles. The van der Waals surface area contributed by atoms with Gasteiger partial charge in [0, 0.05) is 16.3 Å². The lowest BCUT2D eigenvalue weighted by Crippen LogP contribution is -2.21. The minimum Gasteiger partial charge on any atom is -0.322 e. The Morgan fingerprint density at radius 3 is 2.38 bits per heavy atom. The van der Waals surface area contributed by atoms with Gasteiger partial charge in [0.25, 0.3) is 5.91 Å². The molecule has 0 unspecified atom stereocenters. The molecule has 0 aliphatic carbocycles. The van der Waals surface area contributed by atoms with E-state index in [4.69, 9.17) is 11.6 Å². The summed E-state index contributed by atoms with van der Waals surface area (Å²) in [6.07, 6.45) is 0.257. The molecule has 0 bridgehead atoms. The van der Waals surface area contributed by atoms with E-state index in [2.05, 4.69) is 15.8 Å². The molecule has 29 heavy (non-hydrogen) atoms. The first-order chi connectivity index (χ1) is 14.0. The molecule has 0 fully saturated rings. The van der Waals surface area contributed by atoms with Gasteiger partial charge in [-0.05, 0) is 48.4 Å². The highest BCUT2D eigenvalue weighted by Crippen LogP contribution is 2.15. The van der Waals surface area contributed by atoms with Crippen molar-refractivity contribution in [2.75, 3.05) is 5.32 Å². The van der Waals surface area contributed by atoms with Crippen LogP contribution in [0.4, 0.5) is 5.69 Å². The number of nitrogens with one attached hydrogen (secondary N) is 2. The molecule has 6 heteroatoms. The molecule has 3 rings (SSSR count). The van der Waals surface area contributed by atoms with E-state index in [0.29, 0.717) is 22.0 Å². The number of carbonyl (C=O) groups is 2. The summed E-state index contributed by atoms with van der Waals surface area (Å²) in [5, 5.41) is 7.51. The number of hydrazone groups is 1. The maximum absolute atomic E-state index is 12.4. The number of hydrogen-bond acceptors (Lipinski definition) is 3. The van der Waals surface area contributed by atoms with Crippen LogP contribution in [0.2, 0.25) is 5.02 Å². The highest BCUT2D eigenvalue weighted by molar-refractivity contribution is 6.31. The zero-order valence-electron chi connectivity index (χ0n) is 15.9. The summed E-state index contributed by atoms with van der Waals surface area (Å²) in [4.78, 5) is 24.4. The second-order valence-corrected chi connectivity index (χ2v) is 6.88. The van der Waals surface area contributed by atoms with E-state index in [1.165, 1.54) is 0 Å². The lowest BCUT2D eigenvalue weighted by molar-refractivity contribution is -0.120. The van der Waals surface area contributed by atoms with Gasteiger partial charge in [0.15, 0.2) is 0 Å². The molecule has 0 aliphatic rings. The largest absolute Gasteiger partial charge is 0.322 e. The smallest absolute Gasteiger partial charge is 0.255 e. The van der Waals surface area contributed by atoms with Gasteiger partial charge in [-0.2, -0.15) is 5.10 Å². The number of rotatable bonds is 6. The van der Waals surface area contributed by atoms with Crippen molar-refractivity contribution < 1.29 is 9.59 Å². The highest BCUT2D eigenvalue weighted by atomic mass is 35.5. The monoisotopic (exact) mass is 405 g/mol. The number of carbonyl (C=O) groups excluding carboxylic acids is 2. The fourth-order valence-electron chi connectivity index (χ4n) is 2.69. The number of amides is 2. The summed E-state index contributed by atoms with van der Waals surface area (Å²) >= 11 is 5.94. The third-order valence-corrected chi connectivity index (χ3v) is 4.42. The Kier molecular flexibility index (Phi) is 6.76. The summed E-state index contributed by atoms with van der Waals surface area (Å²) in [5.41, 5.74) is 6.00. The Hall–Kier alpha value is -3.44. The van der Waals surface area contributed by atoms with E-state index in [9.17, 15) is 9.59 Å². The Labute approximate surface area is 174 Å². The number of halogens is 1. The number of hydrogen-bond donors (Lipinski definition) is 2. The van der Waals surface area contributed by atoms with Crippen LogP contribution in [0.5, 0.6) is 0 Å². The van der Waals surface area contributed by atoms with E-state index in [-0.39, 0.29) is 18.2 Å². The Morgan fingerprint density at radius 1 is 0.897 bits per heavy atom. The molecule has 2 N–H and O–H groups in total. The van der Waals surface area contributed by atoms with Gasteiger partial charge in [0.2, 0.25) is 5.91 Å². The first-order valence-electron chi connectivity index (χ1n) is 9.05. The molecule has 3 aromatic rings. The molecule has 0 aliphatic heterocycles. The predicted octanol–water partition coefficient (Wildman–Crippen LogP) is 4.68. The number of benzene rings is 3. The standard InChI is InChI=1S/C23H20ClN3O2/c1-16(26-27-22(28)13-17-7-3-2-4-8-17)18-9-6-12-21(15-18)25-23(29)19-10-5-11-20(24)14-19/h2-12,14-15H,13H2,1H3,(H,25,29)(H,27,28)/b26-16-. The summed E-state index contributed by atoms with van der Waals surface area (Å²) in [7, 11) is 0. The lowest BCUT2D eigenvalue weighted by atomic mass is 10.1. The molecular weight excluding hydrogens is 386 g/mol. The molecule has 0 heterocycles. The van der Waals surface area contributed by atoms with Gasteiger partial charge >= 0.3 is 0 Å². The third kappa shape index (κ3) is 6.02. The van der Waals surface area contributed by atoms with Gasteiger partial charge in [-0.15, -0.1) is 0 Å². The fraction of sp³-hybridized carbons (Fsp3) is 0.0870. The minimum absolute atomic E-state index is 0.194. The second kappa shape index (κ2) is 9.66. The molecule has 2 amide bonds. The summed E-state index contributed by atoms with van der Waals surface area (Å²) in [6.45, 7) is 1.79. The molecule has 146 valence electrons. The predicted molar refractivity (Wildman–Crippen MR) is 116 cm³/mol. The molecule has 0 spiro atoms. The second-order valence-electron chi connectivity index (χ2n) is 6.44. The van der Waals surface area contributed by atoms with Crippen molar-refractivity contribution >= 4 is 34.8 Å². The molecule has 3 aromatic carbocycles. The van der Waals surface area contributed by atoms with Gasteiger partial charge in [-0.25, -0.2) is 5.43 Å². The van der Waals surface area contributed by atoms with Crippen LogP contribution in [0, 0.1) is 0 Å². The van der Waals surface area contributed by atoms with Crippen molar-refractivity contribution in [2.45, 2.75) is 13.3 Å². The highest BCUT2D eigenvalue weighted by Gasteiger charge is 2.08. The van der Waals surface area contributed by atoms with E-state index >= 15 is 0 Å². The van der Waals surface area contributed by atoms with Crippen LogP contribution < -0.4 is 10.7 Å². The van der Waals surface area contributed by atoms with Crippen LogP contribution >= 0.6 is 11.6 Å². The van der Waals surface area contributed by atoms with Crippen molar-refractivity contribution in [3.05, 3.63) is 101 Å². The van der Waals surface area contributed by atoms with Crippen LogP contribution in [0.3, 0.4) is 0 Å². The normalized spacial score (nSPS) is 11.0. The molecule has 0 atom stereocenters. The molecule has 0 saturated heterocycles. The summed E-state index contributed by atoms with van der Waals surface area (Å²) < 4.78 is 0. The van der Waals surface area contributed by atoms with Crippen molar-refractivity contribution in [1.82, 2.24) is 5.43 Å². The van der Waals surface area contributed by atoms with Gasteiger partial charge in [0.1, 0.15) is 0 Å². The van der Waals surface area contributed by atoms with Crippen LogP contribution in [-0.2, 0) is 11.2 Å². The SMILES string of the molecule is C/C(=N/NC(=O)Cc1ccccc1)c1cccc(NC(=O)c2cccc(Cl)c2)c1. The van der Waals surface area contributed by atoms with Gasteiger partial charge in [0.05, 0.1) is 12.1 Å². The van der Waals surface area contributed by atoms with Gasteiger partial charge in [-0.3, -0.25) is 9.59 Å². The Balaban J connectivity index is 1.64. The van der Waals surface area contributed by atoms with Crippen molar-refractivity contribution in [3.63, 3.8) is 0 Å². The van der Waals surface area contributed by atoms with Crippen LogP contribution in [0.15, 0.2) is 84.0 Å². The maximum atomic E-state index is 12.4. The first-order valence-corrected chi connectivity index (χ1v) is 9.43. The quantitative estimate of drug-likeness (QED) is 0.462. The average molecular weight is 406 g/mol. The average Bonchev–Trinajstić information content (AvgIpc) is 2.73. The summed E-state index contributed by atoms with van der Waals surface area (Å²) in [6, 6.07) is 23.5. The molecule has 0 radical (unpaired) electrons. The first kappa shape index (κ1) is 20.3. The van der Waals surface area contributed by atoms with E-state index in [1.807, 2.05) is 42.5 Å². The Bertz CT molecular complexity index is 1050. The molecular formula is C23H20ClN3O2. The van der Waals surface area contributed by atoms with Crippen molar-refractivity contribution in [2.24, 2.45) is 5.10 Å². The van der Waals surface area contributed by atoms with Crippen LogP contribution in [0.1, 0.15) is 28.4 Å². The number of nitrogens with zero attached hydrogens (tertiary/aromatic N) is 1. The zero-order chi connectivity index (χ0) is 20.6. The Morgan fingerprint density at radius 2 is 1.62 bits per heavy atom. The number of anilines is 1. The van der Waals surface area contributed by atoms with Crippen molar-refractivity contribution in [3.8, 4) is 0 Å². The summed E-state index contributed by atoms with van der Waals surface area (Å²) in [5.74, 6) is -0.448.